The molecule has 0 aliphatic rings. The number of benzene rings is 2. The molecule has 0 saturated heterocycles. The van der Waals surface area contributed by atoms with E-state index < -0.39 is 86.3 Å². The normalized spacial score (nSPS) is 12.8. The van der Waals surface area contributed by atoms with E-state index in [1.54, 1.807) is 0 Å². The third-order valence-corrected chi connectivity index (χ3v) is 14.6. The Bertz CT molecular complexity index is 1850. The molecule has 0 aromatic heterocycles. The van der Waals surface area contributed by atoms with Gasteiger partial charge in [0, 0.05) is 61.6 Å². The van der Waals surface area contributed by atoms with Crippen LogP contribution in [0.1, 0.15) is 41.4 Å². The SMILES string of the molecule is COCC(=O)Nc1c(I)c(C(=O)NCC(O)CO)c(I)c(C(=O)N(C)CC(O)CO)c1I.COCC(=O)Nc1c(I)c(C(=O)NCC(O)CO)c(I)c(C(=O)N(C)CC(O)CO)c1I. The molecule has 28 heteroatoms. The molecule has 4 atom stereocenters. The van der Waals surface area contributed by atoms with Crippen molar-refractivity contribution in [2.45, 2.75) is 24.4 Å². The Balaban J connectivity index is 0.000000640. The Morgan fingerprint density at radius 2 is 0.781 bits per heavy atom. The summed E-state index contributed by atoms with van der Waals surface area (Å²) >= 11 is 11.3. The molecule has 0 aliphatic carbocycles. The zero-order valence-corrected chi connectivity index (χ0v) is 47.3. The number of hydrogen-bond acceptors (Lipinski definition) is 16. The van der Waals surface area contributed by atoms with Crippen molar-refractivity contribution in [2.75, 3.05) is 105 Å². The van der Waals surface area contributed by atoms with Gasteiger partial charge in [-0.15, -0.1) is 0 Å². The number of aliphatic hydroxyl groups is 8. The fourth-order valence-corrected chi connectivity index (χ4v) is 13.7. The molecule has 0 saturated carbocycles. The van der Waals surface area contributed by atoms with Crippen LogP contribution in [0.25, 0.3) is 0 Å². The highest BCUT2D eigenvalue weighted by atomic mass is 127. The van der Waals surface area contributed by atoms with Gasteiger partial charge < -0.3 is 81.4 Å². The van der Waals surface area contributed by atoms with Crippen LogP contribution in [0.2, 0.25) is 0 Å². The number of anilines is 2. The van der Waals surface area contributed by atoms with Crippen molar-refractivity contribution < 1.29 is 79.1 Å². The lowest BCUT2D eigenvalue weighted by atomic mass is 10.1. The van der Waals surface area contributed by atoms with Gasteiger partial charge in [-0.1, -0.05) is 0 Å². The van der Waals surface area contributed by atoms with Crippen molar-refractivity contribution in [3.05, 3.63) is 43.7 Å². The van der Waals surface area contributed by atoms with Gasteiger partial charge >= 0.3 is 0 Å². The number of carbonyl (C=O) groups is 6. The largest absolute Gasteiger partial charge is 0.394 e. The average molecular weight is 1580 g/mol. The Hall–Kier alpha value is -0.760. The van der Waals surface area contributed by atoms with Crippen LogP contribution in [0.3, 0.4) is 0 Å². The maximum atomic E-state index is 13.2. The minimum Gasteiger partial charge on any atom is -0.394 e. The molecule has 0 aliphatic heterocycles. The molecule has 360 valence electrons. The number of hydrogen-bond donors (Lipinski definition) is 12. The molecule has 0 spiro atoms. The zero-order chi connectivity index (χ0) is 49.2. The van der Waals surface area contributed by atoms with Gasteiger partial charge in [0.05, 0.1) is 98.8 Å². The third kappa shape index (κ3) is 18.0. The topological polar surface area (TPSA) is 337 Å². The Morgan fingerprint density at radius 1 is 0.500 bits per heavy atom. The minimum atomic E-state index is -1.16. The smallest absolute Gasteiger partial charge is 0.255 e. The van der Waals surface area contributed by atoms with Crippen molar-refractivity contribution >= 4 is 182 Å². The van der Waals surface area contributed by atoms with Crippen LogP contribution >= 0.6 is 136 Å². The van der Waals surface area contributed by atoms with E-state index in [4.69, 9.17) is 29.9 Å². The number of nitrogens with one attached hydrogen (secondary N) is 4. The van der Waals surface area contributed by atoms with Crippen LogP contribution in [0.15, 0.2) is 0 Å². The van der Waals surface area contributed by atoms with Gasteiger partial charge in [0.1, 0.15) is 13.2 Å². The van der Waals surface area contributed by atoms with E-state index in [0.717, 1.165) is 0 Å². The van der Waals surface area contributed by atoms with Crippen LogP contribution in [0.4, 0.5) is 11.4 Å². The summed E-state index contributed by atoms with van der Waals surface area (Å²) in [5.74, 6) is -3.28. The van der Waals surface area contributed by atoms with E-state index in [2.05, 4.69) is 21.3 Å². The van der Waals surface area contributed by atoms with Crippen molar-refractivity contribution in [3.63, 3.8) is 0 Å². The average Bonchev–Trinajstić information content (AvgIpc) is 3.24. The number of aliphatic hydroxyl groups excluding tert-OH is 8. The standard InChI is InChI=1S/2C18H24I3N3O8/c2*1-24(4-9(28)6-26)18(31)12-13(19)11(17(30)22-3-8(27)5-25)14(20)16(15(12)21)23-10(29)7-32-2/h2*8-9,25-28H,3-7H2,1-2H3,(H,22,30)(H,23,29). The van der Waals surface area contributed by atoms with E-state index in [1.807, 2.05) is 136 Å². The van der Waals surface area contributed by atoms with Crippen LogP contribution in [-0.4, -0.2) is 205 Å². The van der Waals surface area contributed by atoms with Crippen molar-refractivity contribution in [1.82, 2.24) is 20.4 Å². The van der Waals surface area contributed by atoms with Gasteiger partial charge in [-0.25, -0.2) is 0 Å². The van der Waals surface area contributed by atoms with Crippen LogP contribution in [0.5, 0.6) is 0 Å². The van der Waals surface area contributed by atoms with E-state index in [-0.39, 0.29) is 73.0 Å². The molecular formula is C36H48I6N6O16. The summed E-state index contributed by atoms with van der Waals surface area (Å²) in [5, 5.41) is 84.9. The number of methoxy groups -OCH3 is 2. The number of halogens is 6. The Labute approximate surface area is 449 Å². The molecule has 2 aromatic carbocycles. The summed E-state index contributed by atoms with van der Waals surface area (Å²) < 4.78 is 11.7. The molecule has 64 heavy (non-hydrogen) atoms. The molecule has 0 fully saturated rings. The first-order chi connectivity index (χ1) is 30.0. The maximum absolute atomic E-state index is 13.2. The van der Waals surface area contributed by atoms with E-state index in [0.29, 0.717) is 21.4 Å². The number of ether oxygens (including phenoxy) is 2. The first-order valence-electron chi connectivity index (χ1n) is 18.2. The monoisotopic (exact) mass is 1580 g/mol. The van der Waals surface area contributed by atoms with Gasteiger partial charge in [0.2, 0.25) is 11.8 Å². The molecule has 2 aromatic rings. The molecule has 0 heterocycles. The van der Waals surface area contributed by atoms with Gasteiger partial charge in [-0.05, 0) is 136 Å². The molecule has 4 unspecified atom stereocenters. The maximum Gasteiger partial charge on any atom is 0.255 e. The predicted molar refractivity (Wildman–Crippen MR) is 281 cm³/mol. The lowest BCUT2D eigenvalue weighted by Gasteiger charge is -2.24. The summed E-state index contributed by atoms with van der Waals surface area (Å²) in [6.07, 6.45) is -4.61. The summed E-state index contributed by atoms with van der Waals surface area (Å²) in [6.45, 7) is -3.36. The first-order valence-corrected chi connectivity index (χ1v) is 24.7. The fraction of sp³-hybridized carbons (Fsp3) is 0.500. The van der Waals surface area contributed by atoms with Gasteiger partial charge in [0.25, 0.3) is 23.6 Å². The molecule has 0 bridgehead atoms. The fourth-order valence-electron chi connectivity index (χ4n) is 4.96. The lowest BCUT2D eigenvalue weighted by Crippen LogP contribution is -2.38. The van der Waals surface area contributed by atoms with Crippen LogP contribution in [0, 0.1) is 21.4 Å². The second kappa shape index (κ2) is 30.7. The second-order valence-corrected chi connectivity index (χ2v) is 19.7. The number of amides is 6. The summed E-state index contributed by atoms with van der Waals surface area (Å²) in [5.41, 5.74) is 0.925. The number of carbonyl (C=O) groups excluding carboxylic acids is 6. The molecule has 12 N–H and O–H groups in total. The van der Waals surface area contributed by atoms with Crippen molar-refractivity contribution in [2.24, 2.45) is 0 Å². The summed E-state index contributed by atoms with van der Waals surface area (Å²) in [7, 11) is 5.58. The highest BCUT2D eigenvalue weighted by molar-refractivity contribution is 14.1. The van der Waals surface area contributed by atoms with Crippen molar-refractivity contribution in [1.29, 1.82) is 0 Å². The number of nitrogens with zero attached hydrogens (tertiary/aromatic N) is 2. The van der Waals surface area contributed by atoms with Gasteiger partial charge in [0.15, 0.2) is 0 Å². The highest BCUT2D eigenvalue weighted by Crippen LogP contribution is 2.38. The summed E-state index contributed by atoms with van der Waals surface area (Å²) in [6, 6.07) is 0. The quantitative estimate of drug-likeness (QED) is 0.0642. The molecular weight excluding hydrogens is 1530 g/mol. The zero-order valence-electron chi connectivity index (χ0n) is 34.4. The van der Waals surface area contributed by atoms with Crippen molar-refractivity contribution in [3.8, 4) is 0 Å². The van der Waals surface area contributed by atoms with Gasteiger partial charge in [-0.3, -0.25) is 28.8 Å². The highest BCUT2D eigenvalue weighted by Gasteiger charge is 2.32. The first kappa shape index (κ1) is 61.3. The van der Waals surface area contributed by atoms with Crippen LogP contribution < -0.4 is 21.3 Å². The Kier molecular flexibility index (Phi) is 29.4. The summed E-state index contributed by atoms with van der Waals surface area (Å²) in [4.78, 5) is 78.9. The third-order valence-electron chi connectivity index (χ3n) is 8.10. The van der Waals surface area contributed by atoms with E-state index in [1.165, 1.54) is 38.1 Å². The molecule has 2 rings (SSSR count). The molecule has 6 amide bonds. The Morgan fingerprint density at radius 3 is 1.05 bits per heavy atom. The van der Waals surface area contributed by atoms with Gasteiger partial charge in [-0.2, -0.15) is 0 Å². The molecule has 22 nitrogen and oxygen atoms in total. The van der Waals surface area contributed by atoms with E-state index in [9.17, 15) is 49.2 Å². The molecule has 0 radical (unpaired) electrons. The minimum absolute atomic E-state index is 0.101. The van der Waals surface area contributed by atoms with Crippen LogP contribution in [-0.2, 0) is 19.1 Å². The predicted octanol–water partition coefficient (Wildman–Crippen LogP) is -0.813. The number of likely N-dealkylation sites (N-methyl/N-ethyl adjacent to an activating group) is 2. The van der Waals surface area contributed by atoms with E-state index >= 15 is 0 Å². The number of rotatable bonds is 22. The lowest BCUT2D eigenvalue weighted by molar-refractivity contribution is -0.120. The second-order valence-electron chi connectivity index (χ2n) is 13.2.